The van der Waals surface area contributed by atoms with E-state index in [4.69, 9.17) is 4.42 Å². The highest BCUT2D eigenvalue weighted by molar-refractivity contribution is 7.89. The number of hydrogen-bond donors (Lipinski definition) is 1. The van der Waals surface area contributed by atoms with Crippen molar-refractivity contribution in [1.29, 1.82) is 0 Å². The number of para-hydroxylation sites is 1. The van der Waals surface area contributed by atoms with Crippen LogP contribution in [-0.4, -0.2) is 43.7 Å². The van der Waals surface area contributed by atoms with Crippen LogP contribution in [0.5, 0.6) is 0 Å². The number of furan rings is 1. The Balaban J connectivity index is 1.75. The Kier molecular flexibility index (Phi) is 5.03. The van der Waals surface area contributed by atoms with Crippen molar-refractivity contribution in [3.05, 3.63) is 66.9 Å². The Bertz CT molecular complexity index is 903. The van der Waals surface area contributed by atoms with Crippen LogP contribution in [0.15, 0.2) is 70.4 Å². The Morgan fingerprint density at radius 2 is 1.96 bits per heavy atom. The second-order valence-electron chi connectivity index (χ2n) is 5.80. The normalized spacial score (nSPS) is 13.2. The van der Waals surface area contributed by atoms with Crippen LogP contribution in [0.2, 0.25) is 0 Å². The average molecular weight is 360 g/mol. The number of hydrogen-bond acceptors (Lipinski definition) is 5. The first-order valence-corrected chi connectivity index (χ1v) is 9.25. The molecule has 1 atom stereocenters. The molecule has 3 rings (SSSR count). The number of nitrogens with zero attached hydrogens (tertiary/aromatic N) is 3. The van der Waals surface area contributed by atoms with Crippen molar-refractivity contribution in [3.8, 4) is 5.69 Å². The molecule has 0 fully saturated rings. The first kappa shape index (κ1) is 17.4. The Morgan fingerprint density at radius 1 is 1.20 bits per heavy atom. The third kappa shape index (κ3) is 3.98. The van der Waals surface area contributed by atoms with E-state index in [0.29, 0.717) is 5.76 Å². The number of benzene rings is 1. The molecule has 0 aliphatic carbocycles. The molecule has 0 spiro atoms. The second-order valence-corrected chi connectivity index (χ2v) is 7.57. The molecule has 0 saturated carbocycles. The predicted octanol–water partition coefficient (Wildman–Crippen LogP) is 2.05. The molecule has 0 saturated heterocycles. The van der Waals surface area contributed by atoms with Gasteiger partial charge in [-0.15, -0.1) is 0 Å². The molecule has 2 aromatic heterocycles. The molecule has 1 N–H and O–H groups in total. The molecule has 0 amide bonds. The zero-order valence-corrected chi connectivity index (χ0v) is 14.8. The van der Waals surface area contributed by atoms with Gasteiger partial charge in [0.1, 0.15) is 10.7 Å². The Labute approximate surface area is 146 Å². The van der Waals surface area contributed by atoms with Gasteiger partial charge in [-0.05, 0) is 38.4 Å². The van der Waals surface area contributed by atoms with E-state index in [1.165, 1.54) is 17.1 Å². The SMILES string of the molecule is CN(C)C(CNS(=O)(=O)c1cnn(-c2ccccc2)c1)c1ccco1. The number of rotatable bonds is 7. The molecule has 0 aliphatic rings. The molecule has 0 radical (unpaired) electrons. The van der Waals surface area contributed by atoms with Crippen LogP contribution in [-0.2, 0) is 10.0 Å². The van der Waals surface area contributed by atoms with Gasteiger partial charge in [0.25, 0.3) is 0 Å². The van der Waals surface area contributed by atoms with Crippen LogP contribution in [0.3, 0.4) is 0 Å². The zero-order valence-electron chi connectivity index (χ0n) is 14.0. The maximum absolute atomic E-state index is 12.6. The van der Waals surface area contributed by atoms with Gasteiger partial charge in [0.15, 0.2) is 0 Å². The van der Waals surface area contributed by atoms with Gasteiger partial charge in [-0.3, -0.25) is 4.90 Å². The molecule has 8 heteroatoms. The third-order valence-electron chi connectivity index (χ3n) is 3.85. The van der Waals surface area contributed by atoms with Crippen LogP contribution in [0.1, 0.15) is 11.8 Å². The van der Waals surface area contributed by atoms with Gasteiger partial charge in [0.2, 0.25) is 10.0 Å². The first-order valence-electron chi connectivity index (χ1n) is 7.77. The molecule has 25 heavy (non-hydrogen) atoms. The minimum absolute atomic E-state index is 0.119. The van der Waals surface area contributed by atoms with E-state index in [1.54, 1.807) is 12.3 Å². The van der Waals surface area contributed by atoms with Crippen LogP contribution < -0.4 is 4.72 Å². The lowest BCUT2D eigenvalue weighted by atomic mass is 10.2. The van der Waals surface area contributed by atoms with Gasteiger partial charge in [-0.1, -0.05) is 18.2 Å². The highest BCUT2D eigenvalue weighted by Gasteiger charge is 2.22. The predicted molar refractivity (Wildman–Crippen MR) is 93.9 cm³/mol. The number of sulfonamides is 1. The van der Waals surface area contributed by atoms with Gasteiger partial charge in [0.05, 0.1) is 30.4 Å². The molecule has 7 nitrogen and oxygen atoms in total. The average Bonchev–Trinajstić information content (AvgIpc) is 3.28. The highest BCUT2D eigenvalue weighted by atomic mass is 32.2. The van der Waals surface area contributed by atoms with Crippen molar-refractivity contribution in [2.24, 2.45) is 0 Å². The van der Waals surface area contributed by atoms with Gasteiger partial charge < -0.3 is 4.42 Å². The summed E-state index contributed by atoms with van der Waals surface area (Å²) in [6.07, 6.45) is 4.41. The lowest BCUT2D eigenvalue weighted by Crippen LogP contribution is -2.34. The molecule has 132 valence electrons. The Morgan fingerprint density at radius 3 is 2.60 bits per heavy atom. The van der Waals surface area contributed by atoms with E-state index in [0.717, 1.165) is 5.69 Å². The van der Waals surface area contributed by atoms with E-state index in [1.807, 2.05) is 55.4 Å². The van der Waals surface area contributed by atoms with Gasteiger partial charge >= 0.3 is 0 Å². The standard InChI is InChI=1S/C17H20N4O3S/c1-20(2)16(17-9-6-10-24-17)12-19-25(22,23)15-11-18-21(13-15)14-7-4-3-5-8-14/h3-11,13,16,19H,12H2,1-2H3. The fourth-order valence-electron chi connectivity index (χ4n) is 2.46. The van der Waals surface area contributed by atoms with Crippen molar-refractivity contribution >= 4 is 10.0 Å². The smallest absolute Gasteiger partial charge is 0.243 e. The summed E-state index contributed by atoms with van der Waals surface area (Å²) >= 11 is 0. The van der Waals surface area contributed by atoms with Gasteiger partial charge in [-0.2, -0.15) is 5.10 Å². The van der Waals surface area contributed by atoms with Gasteiger partial charge in [-0.25, -0.2) is 17.8 Å². The summed E-state index contributed by atoms with van der Waals surface area (Å²) in [5, 5.41) is 4.13. The summed E-state index contributed by atoms with van der Waals surface area (Å²) in [6.45, 7) is 0.194. The van der Waals surface area contributed by atoms with Crippen LogP contribution in [0.25, 0.3) is 5.69 Å². The molecular formula is C17H20N4O3S. The van der Waals surface area contributed by atoms with Crippen LogP contribution >= 0.6 is 0 Å². The van der Waals surface area contributed by atoms with Crippen molar-refractivity contribution in [3.63, 3.8) is 0 Å². The summed E-state index contributed by atoms with van der Waals surface area (Å²) in [5.74, 6) is 0.702. The number of aromatic nitrogens is 2. The summed E-state index contributed by atoms with van der Waals surface area (Å²) in [6, 6.07) is 12.8. The van der Waals surface area contributed by atoms with Crippen molar-refractivity contribution in [2.75, 3.05) is 20.6 Å². The molecule has 1 aromatic carbocycles. The monoisotopic (exact) mass is 360 g/mol. The van der Waals surface area contributed by atoms with Crippen LogP contribution in [0, 0.1) is 0 Å². The lowest BCUT2D eigenvalue weighted by Gasteiger charge is -2.22. The van der Waals surface area contributed by atoms with E-state index < -0.39 is 10.0 Å². The molecule has 0 bridgehead atoms. The fraction of sp³-hybridized carbons (Fsp3) is 0.235. The fourth-order valence-corrected chi connectivity index (χ4v) is 3.43. The van der Waals surface area contributed by atoms with E-state index in [9.17, 15) is 8.42 Å². The van der Waals surface area contributed by atoms with Crippen molar-refractivity contribution in [1.82, 2.24) is 19.4 Å². The third-order valence-corrected chi connectivity index (χ3v) is 5.23. The highest BCUT2D eigenvalue weighted by Crippen LogP contribution is 2.19. The zero-order chi connectivity index (χ0) is 17.9. The molecule has 2 heterocycles. The lowest BCUT2D eigenvalue weighted by molar-refractivity contribution is 0.259. The first-order chi connectivity index (χ1) is 12.0. The minimum Gasteiger partial charge on any atom is -0.468 e. The topological polar surface area (TPSA) is 80.4 Å². The van der Waals surface area contributed by atoms with E-state index in [-0.39, 0.29) is 17.5 Å². The number of likely N-dealkylation sites (N-methyl/N-ethyl adjacent to an activating group) is 1. The number of nitrogens with one attached hydrogen (secondary N) is 1. The molecule has 3 aromatic rings. The maximum atomic E-state index is 12.6. The van der Waals surface area contributed by atoms with E-state index >= 15 is 0 Å². The van der Waals surface area contributed by atoms with E-state index in [2.05, 4.69) is 9.82 Å². The largest absolute Gasteiger partial charge is 0.468 e. The quantitative estimate of drug-likeness (QED) is 0.697. The minimum atomic E-state index is -3.67. The molecular weight excluding hydrogens is 340 g/mol. The summed E-state index contributed by atoms with van der Waals surface area (Å²) < 4.78 is 34.7. The maximum Gasteiger partial charge on any atom is 0.243 e. The molecule has 0 aliphatic heterocycles. The Hall–Kier alpha value is -2.42. The molecule has 1 unspecified atom stereocenters. The van der Waals surface area contributed by atoms with Crippen LogP contribution in [0.4, 0.5) is 0 Å². The van der Waals surface area contributed by atoms with Crippen molar-refractivity contribution < 1.29 is 12.8 Å². The van der Waals surface area contributed by atoms with Crippen molar-refractivity contribution in [2.45, 2.75) is 10.9 Å². The summed E-state index contributed by atoms with van der Waals surface area (Å²) in [5.41, 5.74) is 0.797. The summed E-state index contributed by atoms with van der Waals surface area (Å²) in [7, 11) is 0.0712. The second kappa shape index (κ2) is 7.22. The summed E-state index contributed by atoms with van der Waals surface area (Å²) in [4.78, 5) is 2.02. The van der Waals surface area contributed by atoms with Gasteiger partial charge in [0, 0.05) is 6.54 Å².